The lowest BCUT2D eigenvalue weighted by Crippen LogP contribution is -2.13. The summed E-state index contributed by atoms with van der Waals surface area (Å²) >= 11 is 11.7. The minimum atomic E-state index is -0.470. The van der Waals surface area contributed by atoms with Gasteiger partial charge in [-0.05, 0) is 36.8 Å². The number of Topliss-reactive ketones (excluding diaryl/α,β-unsaturated/α-hetero) is 1. The molecule has 0 saturated heterocycles. The van der Waals surface area contributed by atoms with E-state index in [1.54, 1.807) is 25.1 Å². The molecule has 0 aliphatic carbocycles. The summed E-state index contributed by atoms with van der Waals surface area (Å²) in [5.74, 6) is -0.765. The molecule has 0 unspecified atom stereocenters. The first kappa shape index (κ1) is 14.8. The van der Waals surface area contributed by atoms with Gasteiger partial charge in [0.2, 0.25) is 5.78 Å². The highest BCUT2D eigenvalue weighted by Gasteiger charge is 2.13. The molecule has 0 bridgehead atoms. The van der Waals surface area contributed by atoms with Crippen molar-refractivity contribution in [1.29, 1.82) is 0 Å². The van der Waals surface area contributed by atoms with Crippen LogP contribution in [0.2, 0.25) is 10.0 Å². The van der Waals surface area contributed by atoms with Gasteiger partial charge in [-0.25, -0.2) is 4.39 Å². The monoisotopic (exact) mass is 312 g/mol. The van der Waals surface area contributed by atoms with Gasteiger partial charge >= 0.3 is 0 Å². The van der Waals surface area contributed by atoms with Crippen molar-refractivity contribution in [3.05, 3.63) is 63.4 Å². The molecule has 5 heteroatoms. The van der Waals surface area contributed by atoms with Crippen LogP contribution in [-0.2, 0) is 0 Å². The van der Waals surface area contributed by atoms with Gasteiger partial charge in [-0.15, -0.1) is 0 Å². The van der Waals surface area contributed by atoms with E-state index in [9.17, 15) is 9.18 Å². The first-order chi connectivity index (χ1) is 9.49. The molecule has 20 heavy (non-hydrogen) atoms. The van der Waals surface area contributed by atoms with Crippen LogP contribution in [0.3, 0.4) is 0 Å². The summed E-state index contributed by atoms with van der Waals surface area (Å²) in [6.07, 6.45) is 0. The third-order valence-corrected chi connectivity index (χ3v) is 3.29. The van der Waals surface area contributed by atoms with Gasteiger partial charge in [-0.1, -0.05) is 35.3 Å². The highest BCUT2D eigenvalue weighted by molar-refractivity contribution is 6.36. The van der Waals surface area contributed by atoms with Gasteiger partial charge in [-0.2, -0.15) is 0 Å². The molecule has 0 fully saturated rings. The van der Waals surface area contributed by atoms with E-state index in [4.69, 9.17) is 27.9 Å². The zero-order valence-electron chi connectivity index (χ0n) is 10.6. The molecule has 2 rings (SSSR count). The van der Waals surface area contributed by atoms with E-state index in [0.29, 0.717) is 16.1 Å². The number of benzene rings is 2. The molecule has 0 atom stereocenters. The van der Waals surface area contributed by atoms with Gasteiger partial charge in [0, 0.05) is 10.6 Å². The van der Waals surface area contributed by atoms with Crippen LogP contribution in [0.4, 0.5) is 4.39 Å². The van der Waals surface area contributed by atoms with E-state index in [2.05, 4.69) is 0 Å². The largest absolute Gasteiger partial charge is 0.482 e. The minimum absolute atomic E-state index is 0.0448. The van der Waals surface area contributed by atoms with E-state index in [1.807, 2.05) is 0 Å². The summed E-state index contributed by atoms with van der Waals surface area (Å²) in [6, 6.07) is 9.31. The maximum Gasteiger partial charge on any atom is 0.201 e. The Bertz CT molecular complexity index is 656. The number of carbonyl (C=O) groups is 1. The Morgan fingerprint density at radius 2 is 2.00 bits per heavy atom. The predicted octanol–water partition coefficient (Wildman–Crippen LogP) is 4.70. The van der Waals surface area contributed by atoms with Gasteiger partial charge in [0.25, 0.3) is 0 Å². The normalized spacial score (nSPS) is 10.4. The summed E-state index contributed by atoms with van der Waals surface area (Å²) in [5, 5.41) is 0.688. The molecule has 0 saturated carbocycles. The number of halogens is 3. The van der Waals surface area contributed by atoms with Crippen molar-refractivity contribution in [3.63, 3.8) is 0 Å². The van der Waals surface area contributed by atoms with Crippen molar-refractivity contribution in [3.8, 4) is 5.75 Å². The van der Waals surface area contributed by atoms with Gasteiger partial charge < -0.3 is 4.74 Å². The van der Waals surface area contributed by atoms with E-state index >= 15 is 0 Å². The number of ketones is 1. The SMILES string of the molecule is Cc1cccc(OCC(=O)c2ccc(Cl)cc2Cl)c1F. The molecule has 2 aromatic carbocycles. The molecule has 0 spiro atoms. The molecule has 0 aromatic heterocycles. The molecular formula is C15H11Cl2FO2. The van der Waals surface area contributed by atoms with Crippen LogP contribution in [0.15, 0.2) is 36.4 Å². The van der Waals surface area contributed by atoms with E-state index < -0.39 is 5.82 Å². The Morgan fingerprint density at radius 1 is 1.25 bits per heavy atom. The topological polar surface area (TPSA) is 26.3 Å². The average Bonchev–Trinajstić information content (AvgIpc) is 2.40. The number of hydrogen-bond donors (Lipinski definition) is 0. The lowest BCUT2D eigenvalue weighted by atomic mass is 10.1. The average molecular weight is 313 g/mol. The van der Waals surface area contributed by atoms with Crippen LogP contribution in [0, 0.1) is 12.7 Å². The Labute approximate surface area is 126 Å². The lowest BCUT2D eigenvalue weighted by Gasteiger charge is -2.09. The molecule has 0 amide bonds. The zero-order valence-corrected chi connectivity index (χ0v) is 12.1. The first-order valence-corrected chi connectivity index (χ1v) is 6.61. The Hall–Kier alpha value is -1.58. The second-order valence-electron chi connectivity index (χ2n) is 4.22. The van der Waals surface area contributed by atoms with E-state index in [-0.39, 0.29) is 23.2 Å². The van der Waals surface area contributed by atoms with Gasteiger partial charge in [0.05, 0.1) is 5.02 Å². The summed E-state index contributed by atoms with van der Waals surface area (Å²) in [7, 11) is 0. The molecule has 2 nitrogen and oxygen atoms in total. The predicted molar refractivity (Wildman–Crippen MR) is 77.4 cm³/mol. The second kappa shape index (κ2) is 6.25. The van der Waals surface area contributed by atoms with Crippen molar-refractivity contribution in [2.75, 3.05) is 6.61 Å². The maximum absolute atomic E-state index is 13.7. The van der Waals surface area contributed by atoms with Gasteiger partial charge in [0.1, 0.15) is 0 Å². The minimum Gasteiger partial charge on any atom is -0.482 e. The molecule has 0 heterocycles. The third-order valence-electron chi connectivity index (χ3n) is 2.75. The van der Waals surface area contributed by atoms with Crippen LogP contribution in [0.25, 0.3) is 0 Å². The van der Waals surface area contributed by atoms with Crippen molar-refractivity contribution in [2.24, 2.45) is 0 Å². The summed E-state index contributed by atoms with van der Waals surface area (Å²) in [5.41, 5.74) is 0.753. The van der Waals surface area contributed by atoms with Crippen LogP contribution in [0.5, 0.6) is 5.75 Å². The Kier molecular flexibility index (Phi) is 4.63. The summed E-state index contributed by atoms with van der Waals surface area (Å²) < 4.78 is 18.9. The summed E-state index contributed by atoms with van der Waals surface area (Å²) in [4.78, 5) is 12.0. The lowest BCUT2D eigenvalue weighted by molar-refractivity contribution is 0.0919. The molecule has 0 aliphatic rings. The smallest absolute Gasteiger partial charge is 0.201 e. The summed E-state index contributed by atoms with van der Waals surface area (Å²) in [6.45, 7) is 1.34. The van der Waals surface area contributed by atoms with Crippen LogP contribution < -0.4 is 4.74 Å². The third kappa shape index (κ3) is 3.30. The fourth-order valence-electron chi connectivity index (χ4n) is 1.67. The molecule has 0 N–H and O–H groups in total. The number of hydrogen-bond acceptors (Lipinski definition) is 2. The van der Waals surface area contributed by atoms with Crippen LogP contribution >= 0.6 is 23.2 Å². The van der Waals surface area contributed by atoms with Crippen LogP contribution in [0.1, 0.15) is 15.9 Å². The Morgan fingerprint density at radius 3 is 2.70 bits per heavy atom. The van der Waals surface area contributed by atoms with Crippen molar-refractivity contribution in [2.45, 2.75) is 6.92 Å². The van der Waals surface area contributed by atoms with Gasteiger partial charge in [0.15, 0.2) is 18.2 Å². The van der Waals surface area contributed by atoms with Crippen molar-refractivity contribution < 1.29 is 13.9 Å². The first-order valence-electron chi connectivity index (χ1n) is 5.85. The second-order valence-corrected chi connectivity index (χ2v) is 5.07. The van der Waals surface area contributed by atoms with Crippen molar-refractivity contribution >= 4 is 29.0 Å². The quantitative estimate of drug-likeness (QED) is 0.765. The molecular weight excluding hydrogens is 302 g/mol. The van der Waals surface area contributed by atoms with E-state index in [0.717, 1.165) is 0 Å². The maximum atomic E-state index is 13.7. The van der Waals surface area contributed by atoms with Crippen LogP contribution in [-0.4, -0.2) is 12.4 Å². The highest BCUT2D eigenvalue weighted by Crippen LogP contribution is 2.23. The fourth-order valence-corrected chi connectivity index (χ4v) is 2.18. The number of carbonyl (C=O) groups excluding carboxylic acids is 1. The molecule has 0 aliphatic heterocycles. The standard InChI is InChI=1S/C15H11Cl2FO2/c1-9-3-2-4-14(15(9)18)20-8-13(19)11-6-5-10(16)7-12(11)17/h2-7H,8H2,1H3. The fraction of sp³-hybridized carbons (Fsp3) is 0.133. The molecule has 104 valence electrons. The Balaban J connectivity index is 2.11. The zero-order chi connectivity index (χ0) is 14.7. The van der Waals surface area contributed by atoms with Crippen molar-refractivity contribution in [1.82, 2.24) is 0 Å². The number of aryl methyl sites for hydroxylation is 1. The van der Waals surface area contributed by atoms with Gasteiger partial charge in [-0.3, -0.25) is 4.79 Å². The number of rotatable bonds is 4. The number of ether oxygens (including phenoxy) is 1. The molecule has 0 radical (unpaired) electrons. The highest BCUT2D eigenvalue weighted by atomic mass is 35.5. The van der Waals surface area contributed by atoms with E-state index in [1.165, 1.54) is 18.2 Å². The molecule has 2 aromatic rings.